The van der Waals surface area contributed by atoms with Crippen LogP contribution in [0.2, 0.25) is 0 Å². The third-order valence-corrected chi connectivity index (χ3v) is 10.2. The van der Waals surface area contributed by atoms with Crippen LogP contribution in [0.15, 0.2) is 11.6 Å². The molecule has 1 N–H and O–H groups in total. The molecule has 0 saturated heterocycles. The van der Waals surface area contributed by atoms with Crippen molar-refractivity contribution in [3.63, 3.8) is 0 Å². The number of hydrogen-bond acceptors (Lipinski definition) is 6. The Labute approximate surface area is 177 Å². The van der Waals surface area contributed by atoms with Gasteiger partial charge in [0.05, 0.1) is 5.60 Å². The fraction of sp³-hybridized carbons (Fsp3) is 0.870. The van der Waals surface area contributed by atoms with Gasteiger partial charge in [0.2, 0.25) is 0 Å². The first-order chi connectivity index (χ1) is 14.2. The van der Waals surface area contributed by atoms with Gasteiger partial charge in [-0.25, -0.2) is 4.79 Å². The molecular weight excluding hydrogens is 386 g/mol. The normalized spacial score (nSPS) is 50.0. The lowest BCUT2D eigenvalue weighted by Gasteiger charge is -2.63. The molecule has 4 fully saturated rings. The number of rotatable bonds is 3. The number of carbonyl (C=O) groups excluding carboxylic acids is 1. The van der Waals surface area contributed by atoms with Crippen LogP contribution < -0.4 is 0 Å². The number of hydrogen-bond donors (Lipinski definition) is 1. The molecule has 7 nitrogen and oxygen atoms in total. The van der Waals surface area contributed by atoms with Gasteiger partial charge in [-0.2, -0.15) is 0 Å². The van der Waals surface area contributed by atoms with Crippen LogP contribution in [0.25, 0.3) is 0 Å². The molecule has 5 aliphatic rings. The minimum absolute atomic E-state index is 0.111. The summed E-state index contributed by atoms with van der Waals surface area (Å²) in [5, 5.41) is 22.3. The number of aliphatic hydroxyl groups is 1. The van der Waals surface area contributed by atoms with Crippen LogP contribution in [0.5, 0.6) is 0 Å². The van der Waals surface area contributed by atoms with Crippen molar-refractivity contribution in [1.29, 1.82) is 0 Å². The third kappa shape index (κ3) is 2.69. The molecule has 30 heavy (non-hydrogen) atoms. The summed E-state index contributed by atoms with van der Waals surface area (Å²) in [5.74, 6) is 1.09. The Kier molecular flexibility index (Phi) is 4.52. The summed E-state index contributed by atoms with van der Waals surface area (Å²) in [6, 6.07) is 0. The van der Waals surface area contributed by atoms with E-state index in [-0.39, 0.29) is 34.7 Å². The number of nitrogens with zero attached hydrogens (tertiary/aromatic N) is 1. The van der Waals surface area contributed by atoms with E-state index in [1.54, 1.807) is 6.08 Å². The number of ether oxygens (including phenoxy) is 1. The zero-order valence-electron chi connectivity index (χ0n) is 18.0. The molecule has 5 rings (SSSR count). The van der Waals surface area contributed by atoms with Crippen LogP contribution in [-0.2, 0) is 14.4 Å². The molecule has 0 unspecified atom stereocenters. The van der Waals surface area contributed by atoms with Gasteiger partial charge in [-0.3, -0.25) is 0 Å². The van der Waals surface area contributed by atoms with E-state index >= 15 is 0 Å². The molecule has 0 bridgehead atoms. The summed E-state index contributed by atoms with van der Waals surface area (Å²) < 4.78 is 5.19. The van der Waals surface area contributed by atoms with E-state index in [4.69, 9.17) is 9.57 Å². The predicted molar refractivity (Wildman–Crippen MR) is 108 cm³/mol. The molecule has 4 saturated carbocycles. The molecule has 8 atom stereocenters. The molecule has 166 valence electrons. The molecule has 7 heteroatoms. The van der Waals surface area contributed by atoms with Gasteiger partial charge in [0.15, 0.2) is 0 Å². The minimum Gasteiger partial charge on any atom is -0.458 e. The first kappa shape index (κ1) is 20.3. The Morgan fingerprint density at radius 2 is 1.93 bits per heavy atom. The van der Waals surface area contributed by atoms with Gasteiger partial charge in [-0.05, 0) is 92.4 Å². The van der Waals surface area contributed by atoms with Crippen LogP contribution in [0.1, 0.15) is 71.6 Å². The number of esters is 1. The summed E-state index contributed by atoms with van der Waals surface area (Å²) in [4.78, 5) is 27.4. The third-order valence-electron chi connectivity index (χ3n) is 10.2. The number of cyclic esters (lactones) is 1. The Balaban J connectivity index is 1.40. The van der Waals surface area contributed by atoms with Crippen LogP contribution in [0, 0.1) is 44.6 Å². The van der Waals surface area contributed by atoms with E-state index < -0.39 is 10.7 Å². The molecule has 4 aliphatic carbocycles. The van der Waals surface area contributed by atoms with Crippen LogP contribution >= 0.6 is 0 Å². The predicted octanol–water partition coefficient (Wildman–Crippen LogP) is 3.82. The molecule has 1 heterocycles. The van der Waals surface area contributed by atoms with Crippen molar-refractivity contribution in [2.24, 2.45) is 34.5 Å². The van der Waals surface area contributed by atoms with Gasteiger partial charge in [0, 0.05) is 11.5 Å². The standard InChI is InChI=1S/C23H33NO6/c1-21-8-5-16(30-24(27)28)12-15(21)3-4-19-18(21)6-9-22(2)17(7-10-23(19,22)26)14-11-20(25)29-13-14/h11,15-19,26H,3-10,12-13H2,1-2H3/t15-,16+,17-,18+,19-,21+,22-,23+/m1/s1. The molecule has 0 amide bonds. The Bertz CT molecular complexity index is 797. The van der Waals surface area contributed by atoms with Crippen LogP contribution in [-0.4, -0.2) is 34.5 Å². The lowest BCUT2D eigenvalue weighted by molar-refractivity contribution is -0.770. The minimum atomic E-state index is -0.713. The number of carbonyl (C=O) groups is 1. The molecule has 0 aromatic rings. The molecule has 0 spiro atoms. The highest BCUT2D eigenvalue weighted by atomic mass is 17.0. The van der Waals surface area contributed by atoms with E-state index in [0.717, 1.165) is 63.4 Å². The van der Waals surface area contributed by atoms with Crippen LogP contribution in [0.3, 0.4) is 0 Å². The highest BCUT2D eigenvalue weighted by molar-refractivity contribution is 5.85. The van der Waals surface area contributed by atoms with E-state index in [1.165, 1.54) is 0 Å². The van der Waals surface area contributed by atoms with Gasteiger partial charge in [0.1, 0.15) is 12.7 Å². The molecule has 0 radical (unpaired) electrons. The van der Waals surface area contributed by atoms with Crippen molar-refractivity contribution >= 4 is 5.97 Å². The molecule has 1 aliphatic heterocycles. The van der Waals surface area contributed by atoms with Gasteiger partial charge in [-0.1, -0.05) is 13.8 Å². The molecule has 0 aromatic carbocycles. The van der Waals surface area contributed by atoms with Crippen LogP contribution in [0.4, 0.5) is 0 Å². The highest BCUT2D eigenvalue weighted by Gasteiger charge is 2.67. The topological polar surface area (TPSA) is 98.9 Å². The fourth-order valence-corrected chi connectivity index (χ4v) is 8.59. The molecule has 0 aromatic heterocycles. The Morgan fingerprint density at radius 1 is 1.13 bits per heavy atom. The highest BCUT2D eigenvalue weighted by Crippen LogP contribution is 2.69. The largest absolute Gasteiger partial charge is 0.458 e. The maximum atomic E-state index is 12.2. The second-order valence-electron chi connectivity index (χ2n) is 11.0. The Morgan fingerprint density at radius 3 is 2.63 bits per heavy atom. The van der Waals surface area contributed by atoms with Gasteiger partial charge >= 0.3 is 5.97 Å². The average molecular weight is 420 g/mol. The maximum absolute atomic E-state index is 12.2. The van der Waals surface area contributed by atoms with E-state index in [0.29, 0.717) is 18.4 Å². The van der Waals surface area contributed by atoms with Gasteiger partial charge < -0.3 is 14.7 Å². The zero-order chi connectivity index (χ0) is 21.3. The van der Waals surface area contributed by atoms with Crippen molar-refractivity contribution in [3.8, 4) is 0 Å². The van der Waals surface area contributed by atoms with Gasteiger partial charge in [0.25, 0.3) is 5.09 Å². The monoisotopic (exact) mass is 419 g/mol. The van der Waals surface area contributed by atoms with Crippen molar-refractivity contribution in [1.82, 2.24) is 0 Å². The molecular formula is C23H33NO6. The summed E-state index contributed by atoms with van der Waals surface area (Å²) >= 11 is 0. The van der Waals surface area contributed by atoms with E-state index in [2.05, 4.69) is 13.8 Å². The summed E-state index contributed by atoms with van der Waals surface area (Å²) in [7, 11) is 0. The quantitative estimate of drug-likeness (QED) is 0.424. The fourth-order valence-electron chi connectivity index (χ4n) is 8.59. The first-order valence-corrected chi connectivity index (χ1v) is 11.6. The smallest absolute Gasteiger partial charge is 0.331 e. The average Bonchev–Trinajstić information content (AvgIpc) is 3.22. The maximum Gasteiger partial charge on any atom is 0.331 e. The number of fused-ring (bicyclic) bond motifs is 5. The second kappa shape index (κ2) is 6.68. The second-order valence-corrected chi connectivity index (χ2v) is 11.0. The SMILES string of the molecule is C[C@]12CC[C@H](O[N+](=O)[O-])C[C@H]1CC[C@@H]1[C@@H]2CC[C@]2(C)[C@@H](C3=CC(=O)OC3)CC[C@]12O. The summed E-state index contributed by atoms with van der Waals surface area (Å²) in [6.07, 6.45) is 9.50. The zero-order valence-corrected chi connectivity index (χ0v) is 18.0. The lowest BCUT2D eigenvalue weighted by atomic mass is 9.43. The van der Waals surface area contributed by atoms with Gasteiger partial charge in [-0.15, -0.1) is 10.1 Å². The first-order valence-electron chi connectivity index (χ1n) is 11.6. The summed E-state index contributed by atoms with van der Waals surface area (Å²) in [5.41, 5.74) is 0.243. The van der Waals surface area contributed by atoms with E-state index in [1.807, 2.05) is 0 Å². The lowest BCUT2D eigenvalue weighted by Crippen LogP contribution is -2.62. The van der Waals surface area contributed by atoms with Crippen molar-refractivity contribution in [2.75, 3.05) is 6.61 Å². The Hall–Kier alpha value is -1.63. The van der Waals surface area contributed by atoms with Crippen molar-refractivity contribution < 1.29 is 24.6 Å². The van der Waals surface area contributed by atoms with Crippen molar-refractivity contribution in [2.45, 2.75) is 83.3 Å². The summed E-state index contributed by atoms with van der Waals surface area (Å²) in [6.45, 7) is 4.98. The van der Waals surface area contributed by atoms with E-state index in [9.17, 15) is 20.0 Å². The van der Waals surface area contributed by atoms with Crippen molar-refractivity contribution in [3.05, 3.63) is 21.8 Å².